The Labute approximate surface area is 180 Å². The van der Waals surface area contributed by atoms with Crippen LogP contribution in [0.2, 0.25) is 0 Å². The zero-order valence-electron chi connectivity index (χ0n) is 16.9. The molecule has 0 saturated carbocycles. The van der Waals surface area contributed by atoms with E-state index < -0.39 is 15.4 Å². The minimum absolute atomic E-state index is 0.237. The van der Waals surface area contributed by atoms with E-state index in [0.29, 0.717) is 35.4 Å². The lowest BCUT2D eigenvalue weighted by Gasteiger charge is -2.25. The predicted octanol–water partition coefficient (Wildman–Crippen LogP) is 4.10. The normalized spacial score (nSPS) is 17.2. The lowest BCUT2D eigenvalue weighted by molar-refractivity contribution is 0.382. The fourth-order valence-electron chi connectivity index (χ4n) is 3.41. The van der Waals surface area contributed by atoms with E-state index in [1.165, 1.54) is 4.31 Å². The van der Waals surface area contributed by atoms with Crippen molar-refractivity contribution in [3.63, 3.8) is 0 Å². The number of methoxy groups -OCH3 is 2. The predicted molar refractivity (Wildman–Crippen MR) is 115 cm³/mol. The molecule has 0 aliphatic carbocycles. The highest BCUT2D eigenvalue weighted by Crippen LogP contribution is 2.45. The van der Waals surface area contributed by atoms with Crippen LogP contribution in [0.4, 0.5) is 0 Å². The summed E-state index contributed by atoms with van der Waals surface area (Å²) in [5.74, 6) is 2.54. The minimum atomic E-state index is -3.70. The van der Waals surface area contributed by atoms with Gasteiger partial charge in [0.15, 0.2) is 5.89 Å². The molecular weight excluding hydrogens is 424 g/mol. The van der Waals surface area contributed by atoms with Crippen molar-refractivity contribution in [3.8, 4) is 22.8 Å². The molecule has 1 unspecified atom stereocenters. The van der Waals surface area contributed by atoms with E-state index in [-0.39, 0.29) is 4.90 Å². The largest absolute Gasteiger partial charge is 0.497 e. The number of oxazole rings is 1. The summed E-state index contributed by atoms with van der Waals surface area (Å²) < 4.78 is 44.4. The van der Waals surface area contributed by atoms with Gasteiger partial charge in [0.25, 0.3) is 0 Å². The van der Waals surface area contributed by atoms with Crippen molar-refractivity contribution in [1.29, 1.82) is 0 Å². The summed E-state index contributed by atoms with van der Waals surface area (Å²) >= 11 is 1.57. The Morgan fingerprint density at radius 2 is 1.90 bits per heavy atom. The first-order valence-corrected chi connectivity index (χ1v) is 11.8. The highest BCUT2D eigenvalue weighted by atomic mass is 32.2. The Hall–Kier alpha value is -2.49. The van der Waals surface area contributed by atoms with Crippen LogP contribution >= 0.6 is 11.8 Å². The van der Waals surface area contributed by atoms with Crippen molar-refractivity contribution in [1.82, 2.24) is 9.29 Å². The Balaban J connectivity index is 1.67. The zero-order chi connectivity index (χ0) is 21.3. The molecule has 1 aliphatic heterocycles. The molecule has 30 heavy (non-hydrogen) atoms. The minimum Gasteiger partial charge on any atom is -0.497 e. The van der Waals surface area contributed by atoms with E-state index >= 15 is 0 Å². The molecule has 0 N–H and O–H groups in total. The molecular formula is C21H22N2O5S2. The summed E-state index contributed by atoms with van der Waals surface area (Å²) in [6.45, 7) is 2.18. The van der Waals surface area contributed by atoms with Crippen LogP contribution in [-0.2, 0) is 10.0 Å². The average molecular weight is 447 g/mol. The Kier molecular flexibility index (Phi) is 5.77. The van der Waals surface area contributed by atoms with E-state index in [2.05, 4.69) is 4.98 Å². The standard InChI is InChI=1S/C21H22N2O5S2/c1-14-22-19(13-28-14)15-4-7-17(8-5-15)30(24,25)23-10-11-29-21(23)18-12-16(26-2)6-9-20(18)27-3/h4-9,12-13,21H,10-11H2,1-3H3. The van der Waals surface area contributed by atoms with Gasteiger partial charge < -0.3 is 13.9 Å². The molecule has 0 radical (unpaired) electrons. The number of benzene rings is 2. The first kappa shape index (κ1) is 20.8. The summed E-state index contributed by atoms with van der Waals surface area (Å²) in [7, 11) is -0.541. The molecule has 1 atom stereocenters. The number of ether oxygens (including phenoxy) is 2. The molecule has 4 rings (SSSR count). The smallest absolute Gasteiger partial charge is 0.244 e. The van der Waals surface area contributed by atoms with Gasteiger partial charge in [0.2, 0.25) is 10.0 Å². The number of aryl methyl sites for hydroxylation is 1. The lowest BCUT2D eigenvalue weighted by atomic mass is 10.2. The van der Waals surface area contributed by atoms with Gasteiger partial charge in [0, 0.05) is 30.3 Å². The molecule has 0 amide bonds. The molecule has 7 nitrogen and oxygen atoms in total. The van der Waals surface area contributed by atoms with Gasteiger partial charge in [-0.1, -0.05) is 12.1 Å². The third-order valence-corrected chi connectivity index (χ3v) is 8.18. The van der Waals surface area contributed by atoms with E-state index in [1.54, 1.807) is 75.6 Å². The molecule has 158 valence electrons. The lowest BCUT2D eigenvalue weighted by Crippen LogP contribution is -2.30. The topological polar surface area (TPSA) is 81.9 Å². The second kappa shape index (κ2) is 8.33. The van der Waals surface area contributed by atoms with Crippen molar-refractivity contribution >= 4 is 21.8 Å². The van der Waals surface area contributed by atoms with Crippen LogP contribution in [0, 0.1) is 6.92 Å². The summed E-state index contributed by atoms with van der Waals surface area (Å²) in [6.07, 6.45) is 1.56. The Morgan fingerprint density at radius 3 is 2.53 bits per heavy atom. The maximum Gasteiger partial charge on any atom is 0.244 e. The number of aromatic nitrogens is 1. The first-order chi connectivity index (χ1) is 14.4. The number of rotatable bonds is 6. The Bertz CT molecular complexity index is 1140. The summed E-state index contributed by atoms with van der Waals surface area (Å²) in [5.41, 5.74) is 2.25. The molecule has 1 aromatic heterocycles. The third kappa shape index (κ3) is 3.80. The number of hydrogen-bond donors (Lipinski definition) is 0. The summed E-state index contributed by atoms with van der Waals surface area (Å²) in [6, 6.07) is 12.1. The molecule has 3 aromatic rings. The number of nitrogens with zero attached hydrogens (tertiary/aromatic N) is 2. The van der Waals surface area contributed by atoms with E-state index in [0.717, 1.165) is 11.1 Å². The molecule has 2 heterocycles. The van der Waals surface area contributed by atoms with Crippen molar-refractivity contribution in [2.45, 2.75) is 17.2 Å². The van der Waals surface area contributed by atoms with Crippen molar-refractivity contribution in [2.24, 2.45) is 0 Å². The van der Waals surface area contributed by atoms with Gasteiger partial charge in [-0.25, -0.2) is 13.4 Å². The van der Waals surface area contributed by atoms with E-state index in [9.17, 15) is 8.42 Å². The van der Waals surface area contributed by atoms with Crippen LogP contribution in [0.3, 0.4) is 0 Å². The van der Waals surface area contributed by atoms with Crippen molar-refractivity contribution in [2.75, 3.05) is 26.5 Å². The fraction of sp³-hybridized carbons (Fsp3) is 0.286. The quantitative estimate of drug-likeness (QED) is 0.564. The van der Waals surface area contributed by atoms with Crippen LogP contribution in [0.15, 0.2) is 58.0 Å². The monoisotopic (exact) mass is 446 g/mol. The summed E-state index contributed by atoms with van der Waals surface area (Å²) in [5, 5.41) is -0.391. The van der Waals surface area contributed by atoms with Gasteiger partial charge >= 0.3 is 0 Å². The van der Waals surface area contributed by atoms with Gasteiger partial charge in [0.05, 0.1) is 24.5 Å². The second-order valence-corrected chi connectivity index (χ2v) is 9.80. The summed E-state index contributed by atoms with van der Waals surface area (Å²) in [4.78, 5) is 4.52. The molecule has 1 fully saturated rings. The second-order valence-electron chi connectivity index (χ2n) is 6.72. The maximum absolute atomic E-state index is 13.4. The molecule has 9 heteroatoms. The number of hydrogen-bond acceptors (Lipinski definition) is 7. The number of thioether (sulfide) groups is 1. The molecule has 0 bridgehead atoms. The van der Waals surface area contributed by atoms with Crippen LogP contribution < -0.4 is 9.47 Å². The molecule has 1 saturated heterocycles. The first-order valence-electron chi connectivity index (χ1n) is 9.32. The average Bonchev–Trinajstić information content (AvgIpc) is 3.43. The fourth-order valence-corrected chi connectivity index (χ4v) is 6.65. The molecule has 0 spiro atoms. The highest BCUT2D eigenvalue weighted by Gasteiger charge is 2.38. The van der Waals surface area contributed by atoms with Gasteiger partial charge in [-0.2, -0.15) is 4.31 Å². The van der Waals surface area contributed by atoms with Crippen molar-refractivity contribution in [3.05, 3.63) is 60.2 Å². The zero-order valence-corrected chi connectivity index (χ0v) is 18.5. The van der Waals surface area contributed by atoms with Gasteiger partial charge in [-0.05, 0) is 30.3 Å². The third-order valence-electron chi connectivity index (χ3n) is 4.93. The molecule has 1 aliphatic rings. The maximum atomic E-state index is 13.4. The van der Waals surface area contributed by atoms with Gasteiger partial charge in [-0.15, -0.1) is 11.8 Å². The van der Waals surface area contributed by atoms with Gasteiger partial charge in [0.1, 0.15) is 23.5 Å². The van der Waals surface area contributed by atoms with Crippen LogP contribution in [0.25, 0.3) is 11.3 Å². The van der Waals surface area contributed by atoms with E-state index in [4.69, 9.17) is 13.9 Å². The molecule has 2 aromatic carbocycles. The SMILES string of the molecule is COc1ccc(OC)c(C2SCCN2S(=O)(=O)c2ccc(-c3coc(C)n3)cc2)c1. The van der Waals surface area contributed by atoms with Crippen molar-refractivity contribution < 1.29 is 22.3 Å². The van der Waals surface area contributed by atoms with E-state index in [1.807, 2.05) is 6.07 Å². The van der Waals surface area contributed by atoms with Crippen LogP contribution in [0.5, 0.6) is 11.5 Å². The van der Waals surface area contributed by atoms with Gasteiger partial charge in [-0.3, -0.25) is 0 Å². The van der Waals surface area contributed by atoms with Crippen LogP contribution in [0.1, 0.15) is 16.8 Å². The highest BCUT2D eigenvalue weighted by molar-refractivity contribution is 8.01. The van der Waals surface area contributed by atoms with Crippen LogP contribution in [-0.4, -0.2) is 44.2 Å². The Morgan fingerprint density at radius 1 is 1.13 bits per heavy atom. The number of sulfonamides is 1.